The third kappa shape index (κ3) is 4.95. The molecule has 0 bridgehead atoms. The average Bonchev–Trinajstić information content (AvgIpc) is 3.25. The smallest absolute Gasteiger partial charge is 0.376 e. The van der Waals surface area contributed by atoms with E-state index in [2.05, 4.69) is 10.3 Å². The molecule has 0 saturated carbocycles. The van der Waals surface area contributed by atoms with Crippen LogP contribution < -0.4 is 5.32 Å². The summed E-state index contributed by atoms with van der Waals surface area (Å²) in [6, 6.07) is 3.54. The van der Waals surface area contributed by atoms with Crippen molar-refractivity contribution in [3.63, 3.8) is 0 Å². The Morgan fingerprint density at radius 2 is 2.26 bits per heavy atom. The number of aromatic nitrogens is 2. The number of halogens is 3. The van der Waals surface area contributed by atoms with E-state index in [1.165, 1.54) is 17.8 Å². The highest BCUT2D eigenvalue weighted by Crippen LogP contribution is 2.33. The molecule has 1 aromatic carbocycles. The molecular weight excluding hydrogens is 379 g/mol. The number of nitrogens with one attached hydrogen (secondary N) is 1. The van der Waals surface area contributed by atoms with Crippen LogP contribution >= 0.6 is 11.8 Å². The predicted molar refractivity (Wildman–Crippen MR) is 97.7 cm³/mol. The summed E-state index contributed by atoms with van der Waals surface area (Å²) in [6.07, 6.45) is -1.62. The number of thioether (sulfide) groups is 1. The molecule has 2 heterocycles. The number of hydrogen-bond donors (Lipinski definition) is 1. The fraction of sp³-hybridized carbons (Fsp3) is 0.556. The van der Waals surface area contributed by atoms with Gasteiger partial charge in [0, 0.05) is 19.7 Å². The zero-order valence-electron chi connectivity index (χ0n) is 15.0. The number of fused-ring (bicyclic) bond motifs is 1. The van der Waals surface area contributed by atoms with Crippen LogP contribution in [0.25, 0.3) is 11.0 Å². The van der Waals surface area contributed by atoms with Gasteiger partial charge >= 0.3 is 6.18 Å². The Balaban J connectivity index is 1.71. The number of nitrogens with zero attached hydrogens (tertiary/aromatic N) is 2. The summed E-state index contributed by atoms with van der Waals surface area (Å²) in [5, 5.41) is 3.39. The molecule has 3 rings (SSSR count). The highest BCUT2D eigenvalue weighted by molar-refractivity contribution is 7.99. The molecule has 9 heteroatoms. The van der Waals surface area contributed by atoms with Crippen LogP contribution in [-0.2, 0) is 22.3 Å². The minimum absolute atomic E-state index is 0.0735. The molecule has 0 unspecified atom stereocenters. The molecule has 27 heavy (non-hydrogen) atoms. The minimum Gasteiger partial charge on any atom is -0.376 e. The third-order valence-electron chi connectivity index (χ3n) is 4.37. The number of ether oxygens (including phenoxy) is 1. The van der Waals surface area contributed by atoms with E-state index in [-0.39, 0.29) is 17.8 Å². The van der Waals surface area contributed by atoms with Crippen molar-refractivity contribution in [3.05, 3.63) is 23.8 Å². The molecule has 148 valence electrons. The molecule has 1 saturated heterocycles. The van der Waals surface area contributed by atoms with Crippen LogP contribution in [0.15, 0.2) is 23.4 Å². The highest BCUT2D eigenvalue weighted by atomic mass is 32.2. The molecule has 0 radical (unpaired) electrons. The summed E-state index contributed by atoms with van der Waals surface area (Å²) in [7, 11) is 0. The molecule has 1 atom stereocenters. The molecule has 1 amide bonds. The minimum atomic E-state index is -4.40. The quantitative estimate of drug-likeness (QED) is 0.716. The van der Waals surface area contributed by atoms with Crippen molar-refractivity contribution in [3.8, 4) is 0 Å². The fourth-order valence-corrected chi connectivity index (χ4v) is 3.91. The lowest BCUT2D eigenvalue weighted by Gasteiger charge is -2.11. The second-order valence-electron chi connectivity index (χ2n) is 6.48. The van der Waals surface area contributed by atoms with E-state index in [1.807, 2.05) is 6.92 Å². The molecule has 1 fully saturated rings. The molecule has 2 aromatic rings. The topological polar surface area (TPSA) is 56.2 Å². The zero-order chi connectivity index (χ0) is 19.4. The Morgan fingerprint density at radius 1 is 1.44 bits per heavy atom. The lowest BCUT2D eigenvalue weighted by atomic mass is 10.2. The molecule has 1 aromatic heterocycles. The van der Waals surface area contributed by atoms with Gasteiger partial charge in [-0.2, -0.15) is 13.2 Å². The summed E-state index contributed by atoms with van der Waals surface area (Å²) < 4.78 is 46.2. The van der Waals surface area contributed by atoms with Crippen LogP contribution in [0.4, 0.5) is 13.2 Å². The van der Waals surface area contributed by atoms with E-state index in [9.17, 15) is 18.0 Å². The Hall–Kier alpha value is -1.74. The molecule has 1 aliphatic heterocycles. The lowest BCUT2D eigenvalue weighted by Crippen LogP contribution is -2.32. The Labute approximate surface area is 159 Å². The van der Waals surface area contributed by atoms with Gasteiger partial charge in [0.05, 0.1) is 28.5 Å². The van der Waals surface area contributed by atoms with Gasteiger partial charge in [-0.25, -0.2) is 4.98 Å². The van der Waals surface area contributed by atoms with Crippen LogP contribution in [0.2, 0.25) is 0 Å². The normalized spacial score (nSPS) is 17.6. The van der Waals surface area contributed by atoms with Gasteiger partial charge in [-0.3, -0.25) is 4.79 Å². The van der Waals surface area contributed by atoms with Gasteiger partial charge in [-0.1, -0.05) is 18.7 Å². The SMILES string of the molecule is CCCn1c(SCC(=O)NC[C@@H]2CCCO2)nc2ccc(C(F)(F)F)cc21. The summed E-state index contributed by atoms with van der Waals surface area (Å²) in [5.74, 6) is 0.0212. The Bertz CT molecular complexity index is 801. The maximum atomic E-state index is 13.0. The highest BCUT2D eigenvalue weighted by Gasteiger charge is 2.31. The van der Waals surface area contributed by atoms with E-state index in [0.29, 0.717) is 29.3 Å². The first-order valence-electron chi connectivity index (χ1n) is 8.97. The second-order valence-corrected chi connectivity index (χ2v) is 7.42. The maximum absolute atomic E-state index is 13.0. The number of alkyl halides is 3. The van der Waals surface area contributed by atoms with Crippen molar-refractivity contribution in [2.75, 3.05) is 18.9 Å². The van der Waals surface area contributed by atoms with Gasteiger partial charge in [0.1, 0.15) is 0 Å². The second kappa shape index (κ2) is 8.52. The molecule has 5 nitrogen and oxygen atoms in total. The van der Waals surface area contributed by atoms with Crippen molar-refractivity contribution in [1.82, 2.24) is 14.9 Å². The first-order chi connectivity index (χ1) is 12.9. The van der Waals surface area contributed by atoms with Crippen molar-refractivity contribution >= 4 is 28.7 Å². The molecule has 0 spiro atoms. The largest absolute Gasteiger partial charge is 0.416 e. The van der Waals surface area contributed by atoms with E-state index in [0.717, 1.165) is 38.0 Å². The monoisotopic (exact) mass is 401 g/mol. The van der Waals surface area contributed by atoms with Gasteiger partial charge in [-0.15, -0.1) is 0 Å². The van der Waals surface area contributed by atoms with Crippen molar-refractivity contribution < 1.29 is 22.7 Å². The summed E-state index contributed by atoms with van der Waals surface area (Å²) in [5.41, 5.74) is 0.241. The van der Waals surface area contributed by atoms with Gasteiger partial charge in [0.2, 0.25) is 5.91 Å². The van der Waals surface area contributed by atoms with Crippen molar-refractivity contribution in [2.24, 2.45) is 0 Å². The molecule has 1 aliphatic rings. The number of benzene rings is 1. The molecule has 0 aliphatic carbocycles. The van der Waals surface area contributed by atoms with Crippen molar-refractivity contribution in [2.45, 2.75) is 50.2 Å². The van der Waals surface area contributed by atoms with Crippen LogP contribution in [0.5, 0.6) is 0 Å². The summed E-state index contributed by atoms with van der Waals surface area (Å²) >= 11 is 1.23. The number of hydrogen-bond acceptors (Lipinski definition) is 4. The number of amides is 1. The van der Waals surface area contributed by atoms with E-state index < -0.39 is 11.7 Å². The van der Waals surface area contributed by atoms with E-state index in [1.54, 1.807) is 4.57 Å². The molecule has 1 N–H and O–H groups in total. The Morgan fingerprint density at radius 3 is 2.93 bits per heavy atom. The van der Waals surface area contributed by atoms with Gasteiger partial charge in [0.15, 0.2) is 5.16 Å². The zero-order valence-corrected chi connectivity index (χ0v) is 15.8. The number of imidazole rings is 1. The van der Waals surface area contributed by atoms with Crippen LogP contribution in [-0.4, -0.2) is 40.5 Å². The average molecular weight is 401 g/mol. The predicted octanol–water partition coefficient (Wildman–Crippen LogP) is 3.85. The first-order valence-corrected chi connectivity index (χ1v) is 9.95. The summed E-state index contributed by atoms with van der Waals surface area (Å²) in [4.78, 5) is 16.5. The van der Waals surface area contributed by atoms with Crippen molar-refractivity contribution in [1.29, 1.82) is 0 Å². The Kier molecular flexibility index (Phi) is 6.31. The van der Waals surface area contributed by atoms with Crippen LogP contribution in [0, 0.1) is 0 Å². The van der Waals surface area contributed by atoms with Gasteiger partial charge in [-0.05, 0) is 37.5 Å². The third-order valence-corrected chi connectivity index (χ3v) is 5.35. The maximum Gasteiger partial charge on any atom is 0.416 e. The fourth-order valence-electron chi connectivity index (χ4n) is 3.04. The summed E-state index contributed by atoms with van der Waals surface area (Å²) in [6.45, 7) is 3.70. The number of carbonyl (C=O) groups excluding carboxylic acids is 1. The number of carbonyl (C=O) groups is 1. The van der Waals surface area contributed by atoms with E-state index >= 15 is 0 Å². The first kappa shape index (κ1) is 20.0. The van der Waals surface area contributed by atoms with Crippen LogP contribution in [0.3, 0.4) is 0 Å². The number of rotatable bonds is 7. The van der Waals surface area contributed by atoms with Gasteiger partial charge in [0.25, 0.3) is 0 Å². The van der Waals surface area contributed by atoms with Crippen LogP contribution in [0.1, 0.15) is 31.7 Å². The van der Waals surface area contributed by atoms with Gasteiger partial charge < -0.3 is 14.6 Å². The number of aryl methyl sites for hydroxylation is 1. The standard InChI is InChI=1S/C18H22F3N3O2S/c1-2-7-24-15-9-12(18(19,20)21)5-6-14(15)23-17(24)27-11-16(25)22-10-13-4-3-8-26-13/h5-6,9,13H,2-4,7-8,10-11H2,1H3,(H,22,25)/t13-/m0/s1. The van der Waals surface area contributed by atoms with E-state index in [4.69, 9.17) is 4.74 Å². The lowest BCUT2D eigenvalue weighted by molar-refractivity contribution is -0.137. The molecular formula is C18H22F3N3O2S.